The summed E-state index contributed by atoms with van der Waals surface area (Å²) in [5, 5.41) is 0.485. The second kappa shape index (κ2) is 8.41. The van der Waals surface area contributed by atoms with E-state index in [-0.39, 0.29) is 5.91 Å². The highest BCUT2D eigenvalue weighted by atomic mass is 35.5. The first-order chi connectivity index (χ1) is 14.2. The number of methoxy groups -OCH3 is 1. The van der Waals surface area contributed by atoms with Crippen LogP contribution in [0.15, 0.2) is 60.9 Å². The summed E-state index contributed by atoms with van der Waals surface area (Å²) in [6.07, 6.45) is 3.94. The van der Waals surface area contributed by atoms with Crippen molar-refractivity contribution in [1.29, 1.82) is 0 Å². The molecule has 2 aromatic carbocycles. The van der Waals surface area contributed by atoms with Crippen molar-refractivity contribution in [2.45, 2.75) is 6.42 Å². The second-order valence-corrected chi connectivity index (χ2v) is 6.82. The molecular formula is C22H19ClN2O4. The zero-order chi connectivity index (χ0) is 20.2. The second-order valence-electron chi connectivity index (χ2n) is 6.38. The Bertz CT molecular complexity index is 1030. The first kappa shape index (κ1) is 19.1. The van der Waals surface area contributed by atoms with Gasteiger partial charge in [0.25, 0.3) is 5.91 Å². The number of fused-ring (bicyclic) bond motifs is 1. The van der Waals surface area contributed by atoms with Gasteiger partial charge in [0, 0.05) is 29.9 Å². The number of anilines is 2. The molecule has 0 unspecified atom stereocenters. The van der Waals surface area contributed by atoms with E-state index in [2.05, 4.69) is 4.98 Å². The van der Waals surface area contributed by atoms with Crippen molar-refractivity contribution < 1.29 is 19.0 Å². The molecule has 0 spiro atoms. The van der Waals surface area contributed by atoms with Gasteiger partial charge >= 0.3 is 0 Å². The van der Waals surface area contributed by atoms with Gasteiger partial charge < -0.3 is 14.2 Å². The molecule has 0 saturated heterocycles. The van der Waals surface area contributed by atoms with Gasteiger partial charge in [0.1, 0.15) is 5.75 Å². The van der Waals surface area contributed by atoms with E-state index >= 15 is 0 Å². The smallest absolute Gasteiger partial charge is 0.264 e. The van der Waals surface area contributed by atoms with Crippen LogP contribution in [0.4, 0.5) is 11.4 Å². The van der Waals surface area contributed by atoms with E-state index in [1.54, 1.807) is 55.8 Å². The maximum absolute atomic E-state index is 13.5. The van der Waals surface area contributed by atoms with Crippen molar-refractivity contribution in [2.75, 3.05) is 25.2 Å². The third kappa shape index (κ3) is 3.98. The predicted octanol–water partition coefficient (Wildman–Crippen LogP) is 4.88. The summed E-state index contributed by atoms with van der Waals surface area (Å²) in [4.78, 5) is 19.1. The fourth-order valence-corrected chi connectivity index (χ4v) is 3.28. The maximum Gasteiger partial charge on any atom is 0.264 e. The monoisotopic (exact) mass is 410 g/mol. The number of ether oxygens (including phenoxy) is 3. The van der Waals surface area contributed by atoms with Crippen molar-refractivity contribution in [3.05, 3.63) is 71.5 Å². The maximum atomic E-state index is 13.5. The average Bonchev–Trinajstić information content (AvgIpc) is 3.00. The Kier molecular flexibility index (Phi) is 5.53. The summed E-state index contributed by atoms with van der Waals surface area (Å²) in [5.74, 6) is 1.48. The highest BCUT2D eigenvalue weighted by Crippen LogP contribution is 2.40. The third-order valence-electron chi connectivity index (χ3n) is 4.48. The summed E-state index contributed by atoms with van der Waals surface area (Å²) < 4.78 is 17.0. The largest absolute Gasteiger partial charge is 0.495 e. The predicted molar refractivity (Wildman–Crippen MR) is 111 cm³/mol. The molecule has 1 aliphatic heterocycles. The number of benzene rings is 2. The number of hydrogen-bond donors (Lipinski definition) is 0. The van der Waals surface area contributed by atoms with Crippen LogP contribution in [0.1, 0.15) is 16.8 Å². The molecule has 0 fully saturated rings. The van der Waals surface area contributed by atoms with Gasteiger partial charge in [-0.25, -0.2) is 0 Å². The van der Waals surface area contributed by atoms with E-state index in [4.69, 9.17) is 25.8 Å². The number of carbonyl (C=O) groups excluding carboxylic acids is 1. The Morgan fingerprint density at radius 3 is 2.69 bits per heavy atom. The van der Waals surface area contributed by atoms with Gasteiger partial charge in [-0.3, -0.25) is 14.7 Å². The standard InChI is InChI=1S/C22H19ClN2O4/c1-27-19-7-5-16(23)12-18(19)25(22(26)15-4-2-9-24-14-15)17-6-8-20-21(13-17)29-11-3-10-28-20/h2,4-9,12-14H,3,10-11H2,1H3. The van der Waals surface area contributed by atoms with Gasteiger partial charge in [0.05, 0.1) is 37.3 Å². The van der Waals surface area contributed by atoms with E-state index in [9.17, 15) is 4.79 Å². The van der Waals surface area contributed by atoms with Crippen LogP contribution >= 0.6 is 11.6 Å². The van der Waals surface area contributed by atoms with Crippen LogP contribution in [0.2, 0.25) is 5.02 Å². The first-order valence-electron chi connectivity index (χ1n) is 9.15. The lowest BCUT2D eigenvalue weighted by molar-refractivity contribution is 0.0998. The molecular weight excluding hydrogens is 392 g/mol. The summed E-state index contributed by atoms with van der Waals surface area (Å²) >= 11 is 6.24. The molecule has 0 N–H and O–H groups in total. The molecule has 148 valence electrons. The molecule has 2 heterocycles. The van der Waals surface area contributed by atoms with Crippen molar-refractivity contribution in [1.82, 2.24) is 4.98 Å². The number of carbonyl (C=O) groups is 1. The van der Waals surface area contributed by atoms with Crippen LogP contribution in [0.25, 0.3) is 0 Å². The summed E-state index contributed by atoms with van der Waals surface area (Å²) in [6.45, 7) is 1.14. The van der Waals surface area contributed by atoms with Crippen LogP contribution in [-0.4, -0.2) is 31.2 Å². The number of pyridine rings is 1. The first-order valence-corrected chi connectivity index (χ1v) is 9.53. The van der Waals surface area contributed by atoms with Gasteiger partial charge in [-0.15, -0.1) is 0 Å². The number of rotatable bonds is 4. The molecule has 29 heavy (non-hydrogen) atoms. The lowest BCUT2D eigenvalue weighted by Crippen LogP contribution is -2.26. The number of halogens is 1. The molecule has 3 aromatic rings. The Hall–Kier alpha value is -3.25. The fourth-order valence-electron chi connectivity index (χ4n) is 3.11. The lowest BCUT2D eigenvalue weighted by atomic mass is 10.1. The van der Waals surface area contributed by atoms with Crippen LogP contribution in [0.3, 0.4) is 0 Å². The van der Waals surface area contributed by atoms with E-state index < -0.39 is 0 Å². The number of hydrogen-bond acceptors (Lipinski definition) is 5. The van der Waals surface area contributed by atoms with E-state index in [0.717, 1.165) is 6.42 Å². The topological polar surface area (TPSA) is 60.9 Å². The van der Waals surface area contributed by atoms with Crippen LogP contribution in [0, 0.1) is 0 Å². The Morgan fingerprint density at radius 1 is 1.10 bits per heavy atom. The molecule has 1 aliphatic rings. The Labute approximate surface area is 173 Å². The van der Waals surface area contributed by atoms with Crippen LogP contribution in [-0.2, 0) is 0 Å². The quantitative estimate of drug-likeness (QED) is 0.613. The summed E-state index contributed by atoms with van der Waals surface area (Å²) in [6, 6.07) is 14.0. The minimum Gasteiger partial charge on any atom is -0.495 e. The molecule has 1 amide bonds. The van der Waals surface area contributed by atoms with Gasteiger partial charge in [-0.2, -0.15) is 0 Å². The van der Waals surface area contributed by atoms with Gasteiger partial charge in [0.15, 0.2) is 11.5 Å². The van der Waals surface area contributed by atoms with Gasteiger partial charge in [0.2, 0.25) is 0 Å². The third-order valence-corrected chi connectivity index (χ3v) is 4.72. The van der Waals surface area contributed by atoms with Crippen molar-refractivity contribution >= 4 is 28.9 Å². The molecule has 7 heteroatoms. The molecule has 0 radical (unpaired) electrons. The zero-order valence-electron chi connectivity index (χ0n) is 15.8. The molecule has 4 rings (SSSR count). The summed E-state index contributed by atoms with van der Waals surface area (Å²) in [7, 11) is 1.55. The highest BCUT2D eigenvalue weighted by Gasteiger charge is 2.25. The molecule has 6 nitrogen and oxygen atoms in total. The number of nitrogens with zero attached hydrogens (tertiary/aromatic N) is 2. The molecule has 1 aromatic heterocycles. The molecule has 0 atom stereocenters. The summed E-state index contributed by atoms with van der Waals surface area (Å²) in [5.41, 5.74) is 1.55. The van der Waals surface area contributed by atoms with Gasteiger partial charge in [-0.1, -0.05) is 11.6 Å². The normalized spacial score (nSPS) is 12.8. The minimum atomic E-state index is -0.270. The minimum absolute atomic E-state index is 0.270. The molecule has 0 saturated carbocycles. The number of amides is 1. The Balaban J connectivity index is 1.86. The van der Waals surface area contributed by atoms with Crippen molar-refractivity contribution in [3.63, 3.8) is 0 Å². The van der Waals surface area contributed by atoms with Gasteiger partial charge in [-0.05, 0) is 42.5 Å². The average molecular weight is 411 g/mol. The highest BCUT2D eigenvalue weighted by molar-refractivity contribution is 6.31. The fraction of sp³-hybridized carbons (Fsp3) is 0.182. The van der Waals surface area contributed by atoms with E-state index in [0.29, 0.717) is 52.4 Å². The molecule has 0 aliphatic carbocycles. The lowest BCUT2D eigenvalue weighted by Gasteiger charge is -2.25. The zero-order valence-corrected chi connectivity index (χ0v) is 16.6. The van der Waals surface area contributed by atoms with E-state index in [1.165, 1.54) is 11.1 Å². The van der Waals surface area contributed by atoms with Crippen LogP contribution < -0.4 is 19.1 Å². The van der Waals surface area contributed by atoms with Crippen molar-refractivity contribution in [2.24, 2.45) is 0 Å². The SMILES string of the molecule is COc1ccc(Cl)cc1N(C(=O)c1cccnc1)c1ccc2c(c1)OCCCO2. The van der Waals surface area contributed by atoms with Crippen LogP contribution in [0.5, 0.6) is 17.2 Å². The Morgan fingerprint density at radius 2 is 1.93 bits per heavy atom. The number of aromatic nitrogens is 1. The molecule has 0 bridgehead atoms. The van der Waals surface area contributed by atoms with E-state index in [1.807, 2.05) is 6.07 Å². The van der Waals surface area contributed by atoms with Crippen molar-refractivity contribution in [3.8, 4) is 17.2 Å².